The van der Waals surface area contributed by atoms with Crippen LogP contribution in [0.4, 0.5) is 0 Å². The predicted molar refractivity (Wildman–Crippen MR) is 80.1 cm³/mol. The first-order chi connectivity index (χ1) is 9.91. The second kappa shape index (κ2) is 4.95. The van der Waals surface area contributed by atoms with Gasteiger partial charge in [0.2, 0.25) is 11.8 Å². The summed E-state index contributed by atoms with van der Waals surface area (Å²) in [5, 5.41) is 3.31. The zero-order valence-corrected chi connectivity index (χ0v) is 12.9. The van der Waals surface area contributed by atoms with Crippen molar-refractivity contribution in [2.45, 2.75) is 46.8 Å². The maximum absolute atomic E-state index is 12.6. The number of imide groups is 1. The van der Waals surface area contributed by atoms with Crippen LogP contribution in [-0.4, -0.2) is 16.7 Å². The molecule has 2 amide bonds. The van der Waals surface area contributed by atoms with Crippen molar-refractivity contribution in [3.63, 3.8) is 0 Å². The van der Waals surface area contributed by atoms with Gasteiger partial charge in [-0.1, -0.05) is 32.0 Å². The number of hydrogen-bond acceptors (Lipinski definition) is 3. The van der Waals surface area contributed by atoms with E-state index in [4.69, 9.17) is 0 Å². The number of amides is 2. The summed E-state index contributed by atoms with van der Waals surface area (Å²) in [4.78, 5) is 26.3. The Labute approximate surface area is 125 Å². The Hall–Kier alpha value is -1.68. The normalized spacial score (nSPS) is 25.0. The van der Waals surface area contributed by atoms with E-state index in [1.165, 1.54) is 16.0 Å². The molecule has 3 rings (SSSR count). The number of likely N-dealkylation sites (tertiary alicyclic amines) is 1. The molecule has 1 atom stereocenters. The number of nitrogens with zero attached hydrogens (tertiary/aromatic N) is 1. The summed E-state index contributed by atoms with van der Waals surface area (Å²) in [6.45, 7) is 8.10. The highest BCUT2D eigenvalue weighted by atomic mass is 16.2. The van der Waals surface area contributed by atoms with Gasteiger partial charge in [0.25, 0.3) is 0 Å². The van der Waals surface area contributed by atoms with Crippen LogP contribution >= 0.6 is 0 Å². The molecule has 0 radical (unpaired) electrons. The number of carbonyl (C=O) groups excluding carboxylic acids is 2. The Morgan fingerprint density at radius 2 is 1.95 bits per heavy atom. The molecular formula is C17H22N2O2. The minimum Gasteiger partial charge on any atom is -0.309 e. The van der Waals surface area contributed by atoms with Crippen molar-refractivity contribution in [1.29, 1.82) is 0 Å². The largest absolute Gasteiger partial charge is 0.309 e. The Morgan fingerprint density at radius 3 is 2.62 bits per heavy atom. The second-order valence-corrected chi connectivity index (χ2v) is 6.74. The molecule has 1 saturated heterocycles. The van der Waals surface area contributed by atoms with Crippen LogP contribution < -0.4 is 5.32 Å². The van der Waals surface area contributed by atoms with Gasteiger partial charge in [-0.3, -0.25) is 14.5 Å². The summed E-state index contributed by atoms with van der Waals surface area (Å²) in [6, 6.07) is 6.23. The molecule has 0 bridgehead atoms. The van der Waals surface area contributed by atoms with Gasteiger partial charge >= 0.3 is 0 Å². The van der Waals surface area contributed by atoms with E-state index in [1.807, 2.05) is 26.8 Å². The highest BCUT2D eigenvalue weighted by Gasteiger charge is 2.49. The number of benzene rings is 1. The van der Waals surface area contributed by atoms with E-state index in [-0.39, 0.29) is 17.7 Å². The molecular weight excluding hydrogens is 264 g/mol. The first kappa shape index (κ1) is 14.3. The van der Waals surface area contributed by atoms with Crippen molar-refractivity contribution < 1.29 is 9.59 Å². The van der Waals surface area contributed by atoms with E-state index in [9.17, 15) is 9.59 Å². The average Bonchev–Trinajstić information content (AvgIpc) is 2.98. The fourth-order valence-electron chi connectivity index (χ4n) is 3.15. The molecule has 0 spiro atoms. The quantitative estimate of drug-likeness (QED) is 0.867. The third-order valence-corrected chi connectivity index (χ3v) is 5.07. The van der Waals surface area contributed by atoms with Crippen LogP contribution in [0.15, 0.2) is 18.2 Å². The number of rotatable bonds is 3. The van der Waals surface area contributed by atoms with Gasteiger partial charge in [0.15, 0.2) is 0 Å². The first-order valence-corrected chi connectivity index (χ1v) is 7.58. The molecule has 4 nitrogen and oxygen atoms in total. The Balaban J connectivity index is 1.82. The third kappa shape index (κ3) is 2.27. The molecule has 1 aromatic rings. The average molecular weight is 286 g/mol. The number of nitrogens with one attached hydrogen (secondary N) is 1. The number of fused-ring (bicyclic) bond motifs is 1. The molecule has 1 fully saturated rings. The van der Waals surface area contributed by atoms with Crippen molar-refractivity contribution in [2.75, 3.05) is 0 Å². The number of hydrogen-bond donors (Lipinski definition) is 1. The SMILES string of the molecule is CC(C)C1(C)CC(=O)N(Cc2ccc3c(c2)CNC3)C1=O. The second-order valence-electron chi connectivity index (χ2n) is 6.74. The van der Waals surface area contributed by atoms with Crippen molar-refractivity contribution in [1.82, 2.24) is 10.2 Å². The molecule has 4 heteroatoms. The van der Waals surface area contributed by atoms with Gasteiger partial charge < -0.3 is 5.32 Å². The molecule has 0 aliphatic carbocycles. The van der Waals surface area contributed by atoms with Gasteiger partial charge in [-0.15, -0.1) is 0 Å². The maximum atomic E-state index is 12.6. The standard InChI is InChI=1S/C17H22N2O2/c1-11(2)17(3)7-15(20)19(16(17)21)10-12-4-5-13-8-18-9-14(13)6-12/h4-6,11,18H,7-10H2,1-3H3. The Bertz CT molecular complexity index is 609. The van der Waals surface area contributed by atoms with Crippen LogP contribution in [0.25, 0.3) is 0 Å². The summed E-state index contributed by atoms with van der Waals surface area (Å²) in [6.07, 6.45) is 0.329. The minimum absolute atomic E-state index is 0.0267. The van der Waals surface area contributed by atoms with E-state index < -0.39 is 5.41 Å². The van der Waals surface area contributed by atoms with Gasteiger partial charge in [0.05, 0.1) is 12.0 Å². The highest BCUT2D eigenvalue weighted by molar-refractivity contribution is 6.05. The summed E-state index contributed by atoms with van der Waals surface area (Å²) in [5.74, 6) is 0.0964. The molecule has 2 aliphatic rings. The van der Waals surface area contributed by atoms with Gasteiger partial charge in [-0.05, 0) is 29.5 Å². The molecule has 2 aliphatic heterocycles. The van der Waals surface area contributed by atoms with E-state index in [2.05, 4.69) is 17.4 Å². The lowest BCUT2D eigenvalue weighted by atomic mass is 9.78. The van der Waals surface area contributed by atoms with Gasteiger partial charge in [0.1, 0.15) is 0 Å². The molecule has 1 N–H and O–H groups in total. The smallest absolute Gasteiger partial charge is 0.236 e. The fraction of sp³-hybridized carbons (Fsp3) is 0.529. The zero-order chi connectivity index (χ0) is 15.2. The topological polar surface area (TPSA) is 49.4 Å². The predicted octanol–water partition coefficient (Wildman–Crippen LogP) is 2.21. The molecule has 21 heavy (non-hydrogen) atoms. The maximum Gasteiger partial charge on any atom is 0.236 e. The summed E-state index contributed by atoms with van der Waals surface area (Å²) in [5.41, 5.74) is 3.07. The monoisotopic (exact) mass is 286 g/mol. The van der Waals surface area contributed by atoms with Gasteiger partial charge in [-0.2, -0.15) is 0 Å². The van der Waals surface area contributed by atoms with E-state index in [1.54, 1.807) is 0 Å². The van der Waals surface area contributed by atoms with Crippen LogP contribution in [0.5, 0.6) is 0 Å². The van der Waals surface area contributed by atoms with Crippen LogP contribution in [0.3, 0.4) is 0 Å². The van der Waals surface area contributed by atoms with E-state index in [0.29, 0.717) is 13.0 Å². The lowest BCUT2D eigenvalue weighted by molar-refractivity contribution is -0.142. The summed E-state index contributed by atoms with van der Waals surface area (Å²) in [7, 11) is 0. The lowest BCUT2D eigenvalue weighted by Gasteiger charge is -2.26. The Morgan fingerprint density at radius 1 is 1.24 bits per heavy atom. The Kier molecular flexibility index (Phi) is 3.36. The lowest BCUT2D eigenvalue weighted by Crippen LogP contribution is -2.36. The van der Waals surface area contributed by atoms with E-state index in [0.717, 1.165) is 18.7 Å². The summed E-state index contributed by atoms with van der Waals surface area (Å²) < 4.78 is 0. The summed E-state index contributed by atoms with van der Waals surface area (Å²) >= 11 is 0. The van der Waals surface area contributed by atoms with Gasteiger partial charge in [0, 0.05) is 19.5 Å². The molecule has 112 valence electrons. The molecule has 1 unspecified atom stereocenters. The van der Waals surface area contributed by atoms with Crippen LogP contribution in [0, 0.1) is 11.3 Å². The minimum atomic E-state index is -0.546. The van der Waals surface area contributed by atoms with Gasteiger partial charge in [-0.25, -0.2) is 0 Å². The molecule has 0 saturated carbocycles. The van der Waals surface area contributed by atoms with Crippen molar-refractivity contribution in [3.8, 4) is 0 Å². The highest BCUT2D eigenvalue weighted by Crippen LogP contribution is 2.39. The van der Waals surface area contributed by atoms with Crippen molar-refractivity contribution in [3.05, 3.63) is 34.9 Å². The van der Waals surface area contributed by atoms with Crippen LogP contribution in [0.1, 0.15) is 43.9 Å². The molecule has 2 heterocycles. The van der Waals surface area contributed by atoms with Crippen molar-refractivity contribution in [2.24, 2.45) is 11.3 Å². The van der Waals surface area contributed by atoms with Crippen LogP contribution in [-0.2, 0) is 29.2 Å². The fourth-order valence-corrected chi connectivity index (χ4v) is 3.15. The van der Waals surface area contributed by atoms with Crippen LogP contribution in [0.2, 0.25) is 0 Å². The van der Waals surface area contributed by atoms with E-state index >= 15 is 0 Å². The first-order valence-electron chi connectivity index (χ1n) is 7.58. The molecule has 0 aromatic heterocycles. The zero-order valence-electron chi connectivity index (χ0n) is 12.9. The van der Waals surface area contributed by atoms with Crippen molar-refractivity contribution >= 4 is 11.8 Å². The number of carbonyl (C=O) groups is 2. The molecule has 1 aromatic carbocycles. The third-order valence-electron chi connectivity index (χ3n) is 5.07.